The number of amides is 2. The Morgan fingerprint density at radius 3 is 2.71 bits per heavy atom. The van der Waals surface area contributed by atoms with Crippen molar-refractivity contribution in [3.8, 4) is 0 Å². The molecule has 0 radical (unpaired) electrons. The molecule has 0 saturated heterocycles. The summed E-state index contributed by atoms with van der Waals surface area (Å²) in [6.45, 7) is 6.57. The Hall–Kier alpha value is -1.93. The molecule has 1 heterocycles. The molecule has 0 spiro atoms. The number of carbonyl (C=O) groups is 2. The van der Waals surface area contributed by atoms with Crippen LogP contribution < -0.4 is 10.6 Å². The van der Waals surface area contributed by atoms with Crippen LogP contribution in [0.1, 0.15) is 88.9 Å². The zero-order valence-electron chi connectivity index (χ0n) is 20.9. The number of hydrogen-bond donors (Lipinski definition) is 3. The molecule has 1 aromatic carbocycles. The average Bonchev–Trinajstić information content (AvgIpc) is 2.80. The Kier molecular flexibility index (Phi) is 11.5. The van der Waals surface area contributed by atoms with Crippen LogP contribution in [0.2, 0.25) is 0 Å². The molecule has 7 nitrogen and oxygen atoms in total. The monoisotopic (exact) mass is 494 g/mol. The minimum atomic E-state index is -3.45. The molecule has 192 valence electrons. The summed E-state index contributed by atoms with van der Waals surface area (Å²) in [6, 6.07) is 5.58. The molecule has 2 rings (SSSR count). The molecule has 1 aliphatic rings. The Balaban J connectivity index is 2.19. The van der Waals surface area contributed by atoms with Gasteiger partial charge in [0.2, 0.25) is 5.91 Å². The zero-order valence-corrected chi connectivity index (χ0v) is 21.7. The van der Waals surface area contributed by atoms with E-state index in [2.05, 4.69) is 24.5 Å². The van der Waals surface area contributed by atoms with Crippen molar-refractivity contribution in [3.63, 3.8) is 0 Å². The highest BCUT2D eigenvalue weighted by atomic mass is 32.2. The summed E-state index contributed by atoms with van der Waals surface area (Å²) in [4.78, 5) is 25.6. The highest BCUT2D eigenvalue weighted by Crippen LogP contribution is 2.22. The summed E-state index contributed by atoms with van der Waals surface area (Å²) in [5.74, 6) is -0.546. The van der Waals surface area contributed by atoms with Crippen LogP contribution in [0.3, 0.4) is 0 Å². The maximum atomic E-state index is 13.0. The third-order valence-corrected chi connectivity index (χ3v) is 8.42. The van der Waals surface area contributed by atoms with E-state index in [1.807, 2.05) is 0 Å². The Bertz CT molecular complexity index is 902. The smallest absolute Gasteiger partial charge is 0.251 e. The van der Waals surface area contributed by atoms with Crippen LogP contribution in [0.4, 0.5) is 0 Å². The molecule has 3 N–H and O–H groups in total. The molecule has 0 aromatic heterocycles. The van der Waals surface area contributed by atoms with Crippen LogP contribution in [0.5, 0.6) is 0 Å². The lowest BCUT2D eigenvalue weighted by molar-refractivity contribution is -0.125. The van der Waals surface area contributed by atoms with Gasteiger partial charge in [-0.15, -0.1) is 0 Å². The Labute approximate surface area is 205 Å². The molecule has 3 unspecified atom stereocenters. The van der Waals surface area contributed by atoms with E-state index in [9.17, 15) is 23.1 Å². The molecule has 0 fully saturated rings. The largest absolute Gasteiger partial charge is 0.391 e. The lowest BCUT2D eigenvalue weighted by atomic mass is 9.89. The molecule has 8 heteroatoms. The van der Waals surface area contributed by atoms with Crippen molar-refractivity contribution in [3.05, 3.63) is 29.8 Å². The second-order valence-electron chi connectivity index (χ2n) is 9.82. The SMILES string of the molecule is CCCCNC(=O)C(C)CC(O)C1C[C@H](C)CCCCCCS(=O)(=O)c2cccc(c2)C(=O)N1. The first-order chi connectivity index (χ1) is 16.1. The minimum Gasteiger partial charge on any atom is -0.391 e. The molecule has 2 amide bonds. The summed E-state index contributed by atoms with van der Waals surface area (Å²) in [6.07, 6.45) is 6.16. The highest BCUT2D eigenvalue weighted by Gasteiger charge is 2.28. The van der Waals surface area contributed by atoms with Crippen LogP contribution in [0.15, 0.2) is 29.2 Å². The molecular weight excluding hydrogens is 452 g/mol. The fourth-order valence-corrected chi connectivity index (χ4v) is 5.81. The normalized spacial score (nSPS) is 23.6. The van der Waals surface area contributed by atoms with Crippen molar-refractivity contribution >= 4 is 21.7 Å². The topological polar surface area (TPSA) is 113 Å². The van der Waals surface area contributed by atoms with E-state index in [1.165, 1.54) is 12.1 Å². The van der Waals surface area contributed by atoms with Crippen LogP contribution >= 0.6 is 0 Å². The summed E-state index contributed by atoms with van der Waals surface area (Å²) < 4.78 is 25.4. The van der Waals surface area contributed by atoms with Gasteiger partial charge >= 0.3 is 0 Å². The first kappa shape index (κ1) is 28.3. The fourth-order valence-electron chi connectivity index (χ4n) is 4.40. The van der Waals surface area contributed by atoms with E-state index in [4.69, 9.17) is 0 Å². The van der Waals surface area contributed by atoms with E-state index in [0.717, 1.165) is 38.5 Å². The van der Waals surface area contributed by atoms with Gasteiger partial charge in [-0.25, -0.2) is 8.42 Å². The van der Waals surface area contributed by atoms with Crippen LogP contribution in [0.25, 0.3) is 0 Å². The summed E-state index contributed by atoms with van der Waals surface area (Å²) >= 11 is 0. The quantitative estimate of drug-likeness (QED) is 0.499. The van der Waals surface area contributed by atoms with E-state index < -0.39 is 27.9 Å². The first-order valence-corrected chi connectivity index (χ1v) is 14.4. The molecule has 0 saturated carbocycles. The van der Waals surface area contributed by atoms with E-state index >= 15 is 0 Å². The molecular formula is C26H42N2O5S. The van der Waals surface area contributed by atoms with Gasteiger partial charge in [0, 0.05) is 18.0 Å². The predicted octanol–water partition coefficient (Wildman–Crippen LogP) is 3.85. The van der Waals surface area contributed by atoms with Gasteiger partial charge in [0.05, 0.1) is 22.8 Å². The van der Waals surface area contributed by atoms with Crippen molar-refractivity contribution < 1.29 is 23.1 Å². The molecule has 0 aliphatic carbocycles. The fraction of sp³-hybridized carbons (Fsp3) is 0.692. The van der Waals surface area contributed by atoms with Gasteiger partial charge < -0.3 is 15.7 Å². The van der Waals surface area contributed by atoms with Gasteiger partial charge in [-0.05, 0) is 49.8 Å². The lowest BCUT2D eigenvalue weighted by Gasteiger charge is -2.28. The Morgan fingerprint density at radius 1 is 1.24 bits per heavy atom. The number of aliphatic hydroxyl groups is 1. The second-order valence-corrected chi connectivity index (χ2v) is 11.9. The van der Waals surface area contributed by atoms with Crippen molar-refractivity contribution in [2.75, 3.05) is 12.3 Å². The summed E-state index contributed by atoms with van der Waals surface area (Å²) in [5, 5.41) is 16.9. The zero-order chi connectivity index (χ0) is 25.1. The predicted molar refractivity (Wildman–Crippen MR) is 134 cm³/mol. The van der Waals surface area contributed by atoms with Gasteiger partial charge in [0.1, 0.15) is 0 Å². The highest BCUT2D eigenvalue weighted by molar-refractivity contribution is 7.91. The van der Waals surface area contributed by atoms with Gasteiger partial charge in [0.25, 0.3) is 5.91 Å². The van der Waals surface area contributed by atoms with Crippen molar-refractivity contribution in [1.82, 2.24) is 10.6 Å². The summed E-state index contributed by atoms with van der Waals surface area (Å²) in [7, 11) is -3.45. The minimum absolute atomic E-state index is 0.0766. The third kappa shape index (κ3) is 9.02. The van der Waals surface area contributed by atoms with Gasteiger partial charge in [0.15, 0.2) is 9.84 Å². The van der Waals surface area contributed by atoms with E-state index in [-0.39, 0.29) is 40.4 Å². The summed E-state index contributed by atoms with van der Waals surface area (Å²) in [5.41, 5.74) is 0.256. The van der Waals surface area contributed by atoms with Crippen molar-refractivity contribution in [2.24, 2.45) is 11.8 Å². The maximum Gasteiger partial charge on any atom is 0.251 e. The van der Waals surface area contributed by atoms with E-state index in [0.29, 0.717) is 19.4 Å². The standard InChI is InChI=1S/C26H42N2O5S/c1-4-5-14-27-25(30)20(3)17-24(29)23-16-19(2)11-8-6-7-9-15-34(32,33)22-13-10-12-21(18-22)26(31)28-23/h10,12-13,18-20,23-24,29H,4-9,11,14-17H2,1-3H3,(H,27,30)(H,28,31)/t19-,20?,23?,24?/m1/s1. The number of rotatable bonds is 7. The molecule has 2 bridgehead atoms. The number of hydrogen-bond acceptors (Lipinski definition) is 5. The average molecular weight is 495 g/mol. The second kappa shape index (κ2) is 13.8. The first-order valence-electron chi connectivity index (χ1n) is 12.7. The van der Waals surface area contributed by atoms with Crippen LogP contribution in [-0.4, -0.2) is 49.8 Å². The number of aliphatic hydroxyl groups excluding tert-OH is 1. The number of nitrogens with one attached hydrogen (secondary N) is 2. The van der Waals surface area contributed by atoms with E-state index in [1.54, 1.807) is 19.1 Å². The molecule has 4 atom stereocenters. The number of fused-ring (bicyclic) bond motifs is 2. The number of sulfone groups is 1. The van der Waals surface area contributed by atoms with Crippen molar-refractivity contribution in [2.45, 2.75) is 95.6 Å². The third-order valence-electron chi connectivity index (χ3n) is 6.62. The van der Waals surface area contributed by atoms with Crippen LogP contribution in [0, 0.1) is 11.8 Å². The maximum absolute atomic E-state index is 13.0. The van der Waals surface area contributed by atoms with Gasteiger partial charge in [-0.1, -0.05) is 58.9 Å². The molecule has 34 heavy (non-hydrogen) atoms. The number of benzene rings is 1. The van der Waals surface area contributed by atoms with Gasteiger partial charge in [-0.3, -0.25) is 9.59 Å². The van der Waals surface area contributed by atoms with Gasteiger partial charge in [-0.2, -0.15) is 0 Å². The molecule has 1 aliphatic heterocycles. The molecule has 1 aromatic rings. The van der Waals surface area contributed by atoms with Crippen LogP contribution in [-0.2, 0) is 14.6 Å². The number of unbranched alkanes of at least 4 members (excludes halogenated alkanes) is 1. The Morgan fingerprint density at radius 2 is 1.97 bits per heavy atom. The van der Waals surface area contributed by atoms with Crippen molar-refractivity contribution in [1.29, 1.82) is 0 Å². The lowest BCUT2D eigenvalue weighted by Crippen LogP contribution is -2.46. The number of carbonyl (C=O) groups excluding carboxylic acids is 2.